The fourth-order valence-electron chi connectivity index (χ4n) is 2.61. The molecule has 4 heteroatoms. The van der Waals surface area contributed by atoms with Crippen LogP contribution >= 0.6 is 0 Å². The zero-order valence-corrected chi connectivity index (χ0v) is 11.4. The molecule has 0 radical (unpaired) electrons. The van der Waals surface area contributed by atoms with Gasteiger partial charge in [0.1, 0.15) is 5.82 Å². The summed E-state index contributed by atoms with van der Waals surface area (Å²) in [6.45, 7) is 5.57. The highest BCUT2D eigenvalue weighted by molar-refractivity contribution is 5.42. The summed E-state index contributed by atoms with van der Waals surface area (Å²) in [5, 5.41) is 0. The maximum atomic E-state index is 5.67. The second-order valence-corrected chi connectivity index (χ2v) is 5.03. The van der Waals surface area contributed by atoms with Crippen LogP contribution in [0.5, 0.6) is 0 Å². The number of anilines is 1. The van der Waals surface area contributed by atoms with Crippen LogP contribution in [0.4, 0.5) is 5.82 Å². The highest BCUT2D eigenvalue weighted by Crippen LogP contribution is 2.22. The van der Waals surface area contributed by atoms with Crippen LogP contribution < -0.4 is 10.6 Å². The zero-order chi connectivity index (χ0) is 13.0. The lowest BCUT2D eigenvalue weighted by Crippen LogP contribution is -2.37. The van der Waals surface area contributed by atoms with Crippen molar-refractivity contribution in [3.05, 3.63) is 23.4 Å². The van der Waals surface area contributed by atoms with Gasteiger partial charge in [0.15, 0.2) is 0 Å². The molecule has 1 aromatic rings. The number of ether oxygens (including phenoxy) is 1. The van der Waals surface area contributed by atoms with Gasteiger partial charge in [0, 0.05) is 32.4 Å². The first-order chi connectivity index (χ1) is 8.74. The molecular weight excluding hydrogens is 226 g/mol. The maximum Gasteiger partial charge on any atom is 0.128 e. The third-order valence-electron chi connectivity index (χ3n) is 3.65. The van der Waals surface area contributed by atoms with Gasteiger partial charge in [0.05, 0.1) is 6.61 Å². The summed E-state index contributed by atoms with van der Waals surface area (Å²) in [5.74, 6) is 1.70. The average molecular weight is 249 g/mol. The number of aryl methyl sites for hydroxylation is 1. The molecule has 2 N–H and O–H groups in total. The zero-order valence-electron chi connectivity index (χ0n) is 11.4. The summed E-state index contributed by atoms with van der Waals surface area (Å²) in [6.07, 6.45) is 2.47. The summed E-state index contributed by atoms with van der Waals surface area (Å²) in [7, 11) is 1.78. The van der Waals surface area contributed by atoms with Crippen LogP contribution in [0.3, 0.4) is 0 Å². The van der Waals surface area contributed by atoms with E-state index >= 15 is 0 Å². The van der Waals surface area contributed by atoms with Crippen LogP contribution in [-0.2, 0) is 11.3 Å². The molecular formula is C14H23N3O. The largest absolute Gasteiger partial charge is 0.384 e. The van der Waals surface area contributed by atoms with Crippen molar-refractivity contribution in [3.8, 4) is 0 Å². The maximum absolute atomic E-state index is 5.67. The molecule has 0 aliphatic carbocycles. The standard InChI is InChI=1S/C14H23N3O/c1-11-13(8-15)5-6-14(16-11)17-7-3-4-12(9-17)10-18-2/h5-6,12H,3-4,7-10,15H2,1-2H3. The van der Waals surface area contributed by atoms with E-state index in [2.05, 4.69) is 22.0 Å². The van der Waals surface area contributed by atoms with E-state index < -0.39 is 0 Å². The molecule has 4 nitrogen and oxygen atoms in total. The molecule has 1 saturated heterocycles. The average Bonchev–Trinajstić information content (AvgIpc) is 2.39. The molecule has 2 heterocycles. The Labute approximate surface area is 109 Å². The summed E-state index contributed by atoms with van der Waals surface area (Å²) >= 11 is 0. The van der Waals surface area contributed by atoms with Crippen LogP contribution in [0, 0.1) is 12.8 Å². The molecule has 2 rings (SSSR count). The van der Waals surface area contributed by atoms with E-state index in [1.807, 2.05) is 6.92 Å². The molecule has 1 aliphatic rings. The fourth-order valence-corrected chi connectivity index (χ4v) is 2.61. The lowest BCUT2D eigenvalue weighted by molar-refractivity contribution is 0.143. The van der Waals surface area contributed by atoms with E-state index in [0.29, 0.717) is 12.5 Å². The van der Waals surface area contributed by atoms with Gasteiger partial charge in [0.25, 0.3) is 0 Å². The van der Waals surface area contributed by atoms with Gasteiger partial charge < -0.3 is 15.4 Å². The molecule has 1 atom stereocenters. The Morgan fingerprint density at radius 3 is 3.00 bits per heavy atom. The third-order valence-corrected chi connectivity index (χ3v) is 3.65. The number of nitrogens with zero attached hydrogens (tertiary/aromatic N) is 2. The number of pyridine rings is 1. The summed E-state index contributed by atoms with van der Waals surface area (Å²) in [5.41, 5.74) is 7.84. The molecule has 18 heavy (non-hydrogen) atoms. The number of hydrogen-bond donors (Lipinski definition) is 1. The molecule has 1 fully saturated rings. The van der Waals surface area contributed by atoms with E-state index in [1.165, 1.54) is 12.8 Å². The minimum absolute atomic E-state index is 0.561. The summed E-state index contributed by atoms with van der Waals surface area (Å²) < 4.78 is 5.26. The van der Waals surface area contributed by atoms with Gasteiger partial charge in [-0.15, -0.1) is 0 Å². The van der Waals surface area contributed by atoms with Crippen LogP contribution in [0.2, 0.25) is 0 Å². The minimum atomic E-state index is 0.561. The molecule has 1 aromatic heterocycles. The predicted octanol–water partition coefficient (Wildman–Crippen LogP) is 1.71. The van der Waals surface area contributed by atoms with Gasteiger partial charge in [-0.25, -0.2) is 4.98 Å². The van der Waals surface area contributed by atoms with Crippen molar-refractivity contribution in [2.75, 3.05) is 31.7 Å². The lowest BCUT2D eigenvalue weighted by atomic mass is 9.99. The number of rotatable bonds is 4. The summed E-state index contributed by atoms with van der Waals surface area (Å²) in [4.78, 5) is 7.03. The van der Waals surface area contributed by atoms with E-state index in [0.717, 1.165) is 36.8 Å². The molecule has 0 bridgehead atoms. The first-order valence-electron chi connectivity index (χ1n) is 6.65. The van der Waals surface area contributed by atoms with Crippen LogP contribution in [-0.4, -0.2) is 31.8 Å². The van der Waals surface area contributed by atoms with E-state index in [4.69, 9.17) is 10.5 Å². The predicted molar refractivity (Wildman–Crippen MR) is 73.7 cm³/mol. The van der Waals surface area contributed by atoms with E-state index in [-0.39, 0.29) is 0 Å². The molecule has 1 unspecified atom stereocenters. The minimum Gasteiger partial charge on any atom is -0.384 e. The molecule has 1 aliphatic heterocycles. The van der Waals surface area contributed by atoms with Crippen molar-refractivity contribution in [1.29, 1.82) is 0 Å². The van der Waals surface area contributed by atoms with Crippen LogP contribution in [0.15, 0.2) is 12.1 Å². The van der Waals surface area contributed by atoms with Crippen molar-refractivity contribution < 1.29 is 4.74 Å². The van der Waals surface area contributed by atoms with Gasteiger partial charge in [-0.2, -0.15) is 0 Å². The van der Waals surface area contributed by atoms with Crippen molar-refractivity contribution in [1.82, 2.24) is 4.98 Å². The topological polar surface area (TPSA) is 51.4 Å². The van der Waals surface area contributed by atoms with E-state index in [9.17, 15) is 0 Å². The summed E-state index contributed by atoms with van der Waals surface area (Å²) in [6, 6.07) is 4.18. The molecule has 0 amide bonds. The monoisotopic (exact) mass is 249 g/mol. The number of hydrogen-bond acceptors (Lipinski definition) is 4. The third kappa shape index (κ3) is 3.00. The normalized spacial score (nSPS) is 20.2. The number of nitrogens with two attached hydrogens (primary N) is 1. The highest BCUT2D eigenvalue weighted by atomic mass is 16.5. The molecule has 0 aromatic carbocycles. The molecule has 100 valence electrons. The van der Waals surface area contributed by atoms with Gasteiger partial charge in [0.2, 0.25) is 0 Å². The number of methoxy groups -OCH3 is 1. The molecule has 0 saturated carbocycles. The first kappa shape index (κ1) is 13.3. The number of piperidine rings is 1. The Hall–Kier alpha value is -1.13. The van der Waals surface area contributed by atoms with Crippen LogP contribution in [0.25, 0.3) is 0 Å². The van der Waals surface area contributed by atoms with Gasteiger partial charge in [-0.1, -0.05) is 6.07 Å². The van der Waals surface area contributed by atoms with Crippen molar-refractivity contribution in [2.45, 2.75) is 26.3 Å². The van der Waals surface area contributed by atoms with E-state index in [1.54, 1.807) is 7.11 Å². The van der Waals surface area contributed by atoms with Crippen molar-refractivity contribution in [3.63, 3.8) is 0 Å². The first-order valence-corrected chi connectivity index (χ1v) is 6.65. The Kier molecular flexibility index (Phi) is 4.55. The second-order valence-electron chi connectivity index (χ2n) is 5.03. The molecule has 0 spiro atoms. The van der Waals surface area contributed by atoms with Gasteiger partial charge >= 0.3 is 0 Å². The lowest BCUT2D eigenvalue weighted by Gasteiger charge is -2.33. The highest BCUT2D eigenvalue weighted by Gasteiger charge is 2.20. The van der Waals surface area contributed by atoms with Crippen molar-refractivity contribution >= 4 is 5.82 Å². The smallest absolute Gasteiger partial charge is 0.128 e. The SMILES string of the molecule is COCC1CCCN(c2ccc(CN)c(C)n2)C1. The number of aromatic nitrogens is 1. The fraction of sp³-hybridized carbons (Fsp3) is 0.643. The Morgan fingerprint density at radius 2 is 2.33 bits per heavy atom. The Morgan fingerprint density at radius 1 is 1.50 bits per heavy atom. The van der Waals surface area contributed by atoms with Crippen LogP contribution in [0.1, 0.15) is 24.1 Å². The Balaban J connectivity index is 2.08. The quantitative estimate of drug-likeness (QED) is 0.882. The van der Waals surface area contributed by atoms with Gasteiger partial charge in [-0.05, 0) is 37.3 Å². The van der Waals surface area contributed by atoms with Crippen molar-refractivity contribution in [2.24, 2.45) is 11.7 Å². The Bertz CT molecular complexity index is 393. The second kappa shape index (κ2) is 6.16. The van der Waals surface area contributed by atoms with Gasteiger partial charge in [-0.3, -0.25) is 0 Å².